The van der Waals surface area contributed by atoms with Gasteiger partial charge in [0.15, 0.2) is 0 Å². The van der Waals surface area contributed by atoms with E-state index in [0.717, 1.165) is 16.0 Å². The molecule has 0 aliphatic carbocycles. The maximum Gasteiger partial charge on any atom is 0.0548 e. The Kier molecular flexibility index (Phi) is 4.91. The average Bonchev–Trinajstić information content (AvgIpc) is 2.08. The number of likely N-dealkylation sites (N-methyl/N-ethyl adjacent to an activating group) is 1. The number of alkyl halides is 1. The summed E-state index contributed by atoms with van der Waals surface area (Å²) in [4.78, 5) is 2.48. The van der Waals surface area contributed by atoms with Gasteiger partial charge in [-0.2, -0.15) is 0 Å². The number of rotatable bonds is 3. The minimum absolute atomic E-state index is 0.339. The van der Waals surface area contributed by atoms with E-state index in [1.54, 1.807) is 0 Å². The third-order valence-corrected chi connectivity index (χ3v) is 3.86. The van der Waals surface area contributed by atoms with E-state index in [-0.39, 0.29) is 0 Å². The molecule has 0 N–H and O–H groups in total. The number of hydrogen-bond donors (Lipinski definition) is 0. The van der Waals surface area contributed by atoms with Crippen molar-refractivity contribution >= 4 is 43.5 Å². The predicted octanol–water partition coefficient (Wildman–Crippen LogP) is 4.10. The fourth-order valence-corrected chi connectivity index (χ4v) is 2.51. The van der Waals surface area contributed by atoms with Gasteiger partial charge >= 0.3 is 0 Å². The lowest BCUT2D eigenvalue weighted by molar-refractivity contribution is 0.412. The van der Waals surface area contributed by atoms with Crippen LogP contribution in [0.15, 0.2) is 22.7 Å². The van der Waals surface area contributed by atoms with E-state index in [2.05, 4.69) is 50.9 Å². The van der Waals surface area contributed by atoms with Crippen LogP contribution in [0.25, 0.3) is 0 Å². The van der Waals surface area contributed by atoms with Crippen LogP contribution in [0.5, 0.6) is 0 Å². The number of nitrogens with zero attached hydrogens (tertiary/aromatic N) is 1. The lowest BCUT2D eigenvalue weighted by atomic mass is 10.1. The van der Waals surface area contributed by atoms with E-state index in [4.69, 9.17) is 11.6 Å². The van der Waals surface area contributed by atoms with Crippen LogP contribution < -0.4 is 0 Å². The maximum absolute atomic E-state index is 5.92. The van der Waals surface area contributed by atoms with E-state index < -0.39 is 0 Å². The van der Waals surface area contributed by atoms with Gasteiger partial charge in [0, 0.05) is 11.0 Å². The minimum atomic E-state index is 0.339. The lowest BCUT2D eigenvalue weighted by Gasteiger charge is -2.16. The van der Waals surface area contributed by atoms with E-state index in [1.807, 2.05) is 18.2 Å². The van der Waals surface area contributed by atoms with Crippen LogP contribution in [-0.2, 0) is 0 Å². The van der Waals surface area contributed by atoms with Crippen molar-refractivity contribution in [2.45, 2.75) is 4.83 Å². The van der Waals surface area contributed by atoms with E-state index in [1.165, 1.54) is 5.56 Å². The standard InChI is InChI=1S/C10H12Br2ClN/c1-14(2)6-9(12)7-3-4-10(13)8(11)5-7/h3-5,9H,6H2,1-2H3. The predicted molar refractivity (Wildman–Crippen MR) is 69.4 cm³/mol. The van der Waals surface area contributed by atoms with Crippen LogP contribution in [0, 0.1) is 0 Å². The molecule has 4 heteroatoms. The second-order valence-electron chi connectivity index (χ2n) is 3.40. The Morgan fingerprint density at radius 3 is 2.57 bits per heavy atom. The normalized spacial score (nSPS) is 13.3. The summed E-state index contributed by atoms with van der Waals surface area (Å²) in [6.45, 7) is 0.966. The molecule has 0 aliphatic rings. The molecule has 0 bridgehead atoms. The van der Waals surface area contributed by atoms with Crippen molar-refractivity contribution in [2.24, 2.45) is 0 Å². The first kappa shape index (κ1) is 12.5. The Labute approximate surface area is 107 Å². The molecule has 0 spiro atoms. The van der Waals surface area contributed by atoms with Gasteiger partial charge in [0.1, 0.15) is 0 Å². The van der Waals surface area contributed by atoms with Crippen molar-refractivity contribution in [1.29, 1.82) is 0 Å². The molecule has 0 aliphatic heterocycles. The second-order valence-corrected chi connectivity index (χ2v) is 5.77. The third-order valence-electron chi connectivity index (χ3n) is 1.83. The molecule has 1 nitrogen and oxygen atoms in total. The first-order valence-corrected chi connectivity index (χ1v) is 6.33. The summed E-state index contributed by atoms with van der Waals surface area (Å²) >= 11 is 13.0. The van der Waals surface area contributed by atoms with Gasteiger partial charge < -0.3 is 4.90 Å². The van der Waals surface area contributed by atoms with Crippen LogP contribution in [0.1, 0.15) is 10.4 Å². The lowest BCUT2D eigenvalue weighted by Crippen LogP contribution is -2.16. The van der Waals surface area contributed by atoms with Crippen molar-refractivity contribution in [1.82, 2.24) is 4.90 Å². The summed E-state index contributed by atoms with van der Waals surface area (Å²) in [5.74, 6) is 0. The molecule has 78 valence electrons. The molecular formula is C10H12Br2ClN. The minimum Gasteiger partial charge on any atom is -0.308 e. The Balaban J connectivity index is 2.80. The zero-order valence-electron chi connectivity index (χ0n) is 8.10. The molecule has 1 aromatic carbocycles. The highest BCUT2D eigenvalue weighted by atomic mass is 79.9. The first-order chi connectivity index (χ1) is 6.50. The molecule has 0 radical (unpaired) electrons. The van der Waals surface area contributed by atoms with Crippen molar-refractivity contribution in [2.75, 3.05) is 20.6 Å². The monoisotopic (exact) mass is 339 g/mol. The molecule has 0 aromatic heterocycles. The highest BCUT2D eigenvalue weighted by molar-refractivity contribution is 9.10. The fourth-order valence-electron chi connectivity index (χ4n) is 1.13. The Bertz CT molecular complexity index is 315. The van der Waals surface area contributed by atoms with Crippen molar-refractivity contribution in [3.05, 3.63) is 33.3 Å². The Morgan fingerprint density at radius 1 is 1.43 bits per heavy atom. The molecular weight excluding hydrogens is 329 g/mol. The summed E-state index contributed by atoms with van der Waals surface area (Å²) in [6.07, 6.45) is 0. The van der Waals surface area contributed by atoms with Crippen LogP contribution in [0.3, 0.4) is 0 Å². The van der Waals surface area contributed by atoms with Crippen molar-refractivity contribution < 1.29 is 0 Å². The van der Waals surface area contributed by atoms with Crippen LogP contribution in [-0.4, -0.2) is 25.5 Å². The average molecular weight is 341 g/mol. The molecule has 1 unspecified atom stereocenters. The largest absolute Gasteiger partial charge is 0.308 e. The van der Waals surface area contributed by atoms with Gasteiger partial charge in [-0.3, -0.25) is 0 Å². The van der Waals surface area contributed by atoms with E-state index >= 15 is 0 Å². The van der Waals surface area contributed by atoms with Crippen LogP contribution >= 0.6 is 43.5 Å². The Morgan fingerprint density at radius 2 is 2.07 bits per heavy atom. The zero-order chi connectivity index (χ0) is 10.7. The van der Waals surface area contributed by atoms with Gasteiger partial charge in [-0.25, -0.2) is 0 Å². The highest BCUT2D eigenvalue weighted by Crippen LogP contribution is 2.29. The summed E-state index contributed by atoms with van der Waals surface area (Å²) in [5, 5.41) is 0.748. The zero-order valence-corrected chi connectivity index (χ0v) is 12.0. The van der Waals surface area contributed by atoms with Gasteiger partial charge in [0.05, 0.1) is 9.85 Å². The third kappa shape index (κ3) is 3.54. The number of hydrogen-bond acceptors (Lipinski definition) is 1. The molecule has 1 rings (SSSR count). The maximum atomic E-state index is 5.92. The molecule has 0 fully saturated rings. The van der Waals surface area contributed by atoms with Crippen molar-refractivity contribution in [3.8, 4) is 0 Å². The summed E-state index contributed by atoms with van der Waals surface area (Å²) in [7, 11) is 4.11. The molecule has 14 heavy (non-hydrogen) atoms. The fraction of sp³-hybridized carbons (Fsp3) is 0.400. The van der Waals surface area contributed by atoms with E-state index in [9.17, 15) is 0 Å². The molecule has 0 saturated heterocycles. The van der Waals surface area contributed by atoms with Crippen LogP contribution in [0.2, 0.25) is 5.02 Å². The summed E-state index contributed by atoms with van der Waals surface area (Å²) < 4.78 is 0.944. The summed E-state index contributed by atoms with van der Waals surface area (Å²) in [5.41, 5.74) is 1.23. The van der Waals surface area contributed by atoms with Gasteiger partial charge in [-0.05, 0) is 47.7 Å². The quantitative estimate of drug-likeness (QED) is 0.748. The number of halogens is 3. The Hall–Kier alpha value is 0.430. The topological polar surface area (TPSA) is 3.24 Å². The molecule has 1 aromatic rings. The molecule has 0 saturated carbocycles. The molecule has 0 heterocycles. The van der Waals surface area contributed by atoms with Gasteiger partial charge in [-0.1, -0.05) is 33.6 Å². The van der Waals surface area contributed by atoms with Gasteiger partial charge in [-0.15, -0.1) is 0 Å². The second kappa shape index (κ2) is 5.50. The molecule has 1 atom stereocenters. The summed E-state index contributed by atoms with van der Waals surface area (Å²) in [6, 6.07) is 5.99. The van der Waals surface area contributed by atoms with Crippen LogP contribution in [0.4, 0.5) is 0 Å². The van der Waals surface area contributed by atoms with E-state index in [0.29, 0.717) is 4.83 Å². The smallest absolute Gasteiger partial charge is 0.0548 e. The SMILES string of the molecule is CN(C)CC(Br)c1ccc(Cl)c(Br)c1. The molecule has 0 amide bonds. The van der Waals surface area contributed by atoms with Gasteiger partial charge in [0.2, 0.25) is 0 Å². The first-order valence-electron chi connectivity index (χ1n) is 4.24. The van der Waals surface area contributed by atoms with Gasteiger partial charge in [0.25, 0.3) is 0 Å². The number of benzene rings is 1. The van der Waals surface area contributed by atoms with Crippen molar-refractivity contribution in [3.63, 3.8) is 0 Å². The highest BCUT2D eigenvalue weighted by Gasteiger charge is 2.09.